The number of guanidine groups is 1. The zero-order valence-electron chi connectivity index (χ0n) is 12.4. The summed E-state index contributed by atoms with van der Waals surface area (Å²) in [6.07, 6.45) is 0.807. The maximum Gasteiger partial charge on any atom is 0.244 e. The normalized spacial score (nSPS) is 13.0. The summed E-state index contributed by atoms with van der Waals surface area (Å²) in [5, 5.41) is 2.97. The molecule has 0 aliphatic rings. The molecule has 19 heavy (non-hydrogen) atoms. The van der Waals surface area contributed by atoms with Crippen LogP contribution in [0.1, 0.15) is 27.2 Å². The van der Waals surface area contributed by atoms with E-state index in [1.165, 1.54) is 0 Å². The largest absolute Gasteiger partial charge is 0.385 e. The second-order valence-corrected chi connectivity index (χ2v) is 4.10. The SMILES string of the molecule is CCN(CC)C(=O)C(C)NC(=NCCCOC)NN. The molecule has 0 fully saturated rings. The summed E-state index contributed by atoms with van der Waals surface area (Å²) in [6.45, 7) is 8.32. The van der Waals surface area contributed by atoms with Crippen molar-refractivity contribution in [1.29, 1.82) is 0 Å². The Morgan fingerprint density at radius 3 is 2.53 bits per heavy atom. The predicted octanol–water partition coefficient (Wildman–Crippen LogP) is -0.311. The molecule has 0 bridgehead atoms. The predicted molar refractivity (Wildman–Crippen MR) is 76.6 cm³/mol. The number of hydrazine groups is 1. The van der Waals surface area contributed by atoms with Gasteiger partial charge in [-0.2, -0.15) is 0 Å². The van der Waals surface area contributed by atoms with Gasteiger partial charge in [0.2, 0.25) is 11.9 Å². The summed E-state index contributed by atoms with van der Waals surface area (Å²) >= 11 is 0. The summed E-state index contributed by atoms with van der Waals surface area (Å²) in [4.78, 5) is 18.0. The Hall–Kier alpha value is -1.34. The third-order valence-corrected chi connectivity index (χ3v) is 2.71. The molecule has 0 aromatic carbocycles. The van der Waals surface area contributed by atoms with Gasteiger partial charge in [0.1, 0.15) is 6.04 Å². The molecule has 7 nitrogen and oxygen atoms in total. The van der Waals surface area contributed by atoms with Crippen LogP contribution in [0, 0.1) is 0 Å². The van der Waals surface area contributed by atoms with Gasteiger partial charge >= 0.3 is 0 Å². The fourth-order valence-electron chi connectivity index (χ4n) is 1.61. The van der Waals surface area contributed by atoms with E-state index in [2.05, 4.69) is 15.7 Å². The van der Waals surface area contributed by atoms with E-state index < -0.39 is 0 Å². The quantitative estimate of drug-likeness (QED) is 0.185. The average molecular weight is 273 g/mol. The highest BCUT2D eigenvalue weighted by atomic mass is 16.5. The zero-order chi connectivity index (χ0) is 14.7. The first kappa shape index (κ1) is 17.7. The van der Waals surface area contributed by atoms with Crippen LogP contribution in [-0.2, 0) is 9.53 Å². The van der Waals surface area contributed by atoms with E-state index in [-0.39, 0.29) is 11.9 Å². The van der Waals surface area contributed by atoms with Crippen molar-refractivity contribution in [3.8, 4) is 0 Å². The molecule has 0 rings (SSSR count). The monoisotopic (exact) mass is 273 g/mol. The minimum atomic E-state index is -0.364. The highest BCUT2D eigenvalue weighted by molar-refractivity contribution is 5.88. The Balaban J connectivity index is 4.32. The lowest BCUT2D eigenvalue weighted by molar-refractivity contribution is -0.132. The second-order valence-electron chi connectivity index (χ2n) is 4.10. The van der Waals surface area contributed by atoms with E-state index in [0.29, 0.717) is 32.2 Å². The van der Waals surface area contributed by atoms with Crippen LogP contribution >= 0.6 is 0 Å². The number of carbonyl (C=O) groups excluding carboxylic acids is 1. The van der Waals surface area contributed by atoms with E-state index in [1.54, 1.807) is 18.9 Å². The summed E-state index contributed by atoms with van der Waals surface area (Å²) in [5.74, 6) is 5.83. The molecule has 0 aromatic heterocycles. The minimum Gasteiger partial charge on any atom is -0.385 e. The molecule has 0 heterocycles. The summed E-state index contributed by atoms with van der Waals surface area (Å²) in [6, 6.07) is -0.364. The molecule has 0 saturated heterocycles. The lowest BCUT2D eigenvalue weighted by Crippen LogP contribution is -2.52. The third kappa shape index (κ3) is 6.97. The molecule has 0 aliphatic heterocycles. The Labute approximate surface area is 115 Å². The lowest BCUT2D eigenvalue weighted by Gasteiger charge is -2.24. The van der Waals surface area contributed by atoms with Crippen molar-refractivity contribution in [1.82, 2.24) is 15.6 Å². The first-order chi connectivity index (χ1) is 9.10. The van der Waals surface area contributed by atoms with Gasteiger partial charge in [-0.3, -0.25) is 15.2 Å². The van der Waals surface area contributed by atoms with Gasteiger partial charge in [0.15, 0.2) is 0 Å². The summed E-state index contributed by atoms with van der Waals surface area (Å²) in [7, 11) is 1.65. The third-order valence-electron chi connectivity index (χ3n) is 2.71. The highest BCUT2D eigenvalue weighted by Crippen LogP contribution is 1.94. The topological polar surface area (TPSA) is 92.0 Å². The molecule has 4 N–H and O–H groups in total. The van der Waals surface area contributed by atoms with Gasteiger partial charge in [0.25, 0.3) is 0 Å². The van der Waals surface area contributed by atoms with E-state index in [0.717, 1.165) is 6.42 Å². The van der Waals surface area contributed by atoms with Gasteiger partial charge in [-0.1, -0.05) is 0 Å². The lowest BCUT2D eigenvalue weighted by atomic mass is 10.3. The standard InChI is InChI=1S/C12H27N5O2/c1-5-17(6-2)11(18)10(3)15-12(16-13)14-8-7-9-19-4/h10H,5-9,13H2,1-4H3,(H2,14,15,16). The maximum absolute atomic E-state index is 12.1. The van der Waals surface area contributed by atoms with Gasteiger partial charge < -0.3 is 15.0 Å². The van der Waals surface area contributed by atoms with Gasteiger partial charge in [-0.25, -0.2) is 5.84 Å². The molecule has 112 valence electrons. The van der Waals surface area contributed by atoms with Crippen LogP contribution in [0.4, 0.5) is 0 Å². The Morgan fingerprint density at radius 2 is 2.05 bits per heavy atom. The number of amides is 1. The van der Waals surface area contributed by atoms with Gasteiger partial charge in [-0.05, 0) is 27.2 Å². The number of nitrogens with one attached hydrogen (secondary N) is 2. The molecular formula is C12H27N5O2. The summed E-state index contributed by atoms with van der Waals surface area (Å²) in [5.41, 5.74) is 2.47. The Morgan fingerprint density at radius 1 is 1.42 bits per heavy atom. The molecular weight excluding hydrogens is 246 g/mol. The highest BCUT2D eigenvalue weighted by Gasteiger charge is 2.18. The van der Waals surface area contributed by atoms with Crippen molar-refractivity contribution in [2.45, 2.75) is 33.2 Å². The van der Waals surface area contributed by atoms with Crippen molar-refractivity contribution < 1.29 is 9.53 Å². The summed E-state index contributed by atoms with van der Waals surface area (Å²) < 4.78 is 4.94. The number of nitrogens with two attached hydrogens (primary N) is 1. The molecule has 0 aromatic rings. The molecule has 7 heteroatoms. The van der Waals surface area contributed by atoms with Crippen LogP contribution < -0.4 is 16.6 Å². The van der Waals surface area contributed by atoms with Crippen LogP contribution in [0.3, 0.4) is 0 Å². The molecule has 0 spiro atoms. The number of rotatable bonds is 8. The number of hydrogen-bond acceptors (Lipinski definition) is 4. The maximum atomic E-state index is 12.1. The first-order valence-corrected chi connectivity index (χ1v) is 6.65. The van der Waals surface area contributed by atoms with Gasteiger partial charge in [0, 0.05) is 33.4 Å². The van der Waals surface area contributed by atoms with Crippen LogP contribution in [0.25, 0.3) is 0 Å². The van der Waals surface area contributed by atoms with Crippen LogP contribution in [-0.4, -0.2) is 56.2 Å². The van der Waals surface area contributed by atoms with Crippen LogP contribution in [0.5, 0.6) is 0 Å². The minimum absolute atomic E-state index is 0.0323. The van der Waals surface area contributed by atoms with Crippen molar-refractivity contribution in [3.63, 3.8) is 0 Å². The van der Waals surface area contributed by atoms with Crippen LogP contribution in [0.15, 0.2) is 4.99 Å². The van der Waals surface area contributed by atoms with Crippen LogP contribution in [0.2, 0.25) is 0 Å². The van der Waals surface area contributed by atoms with Gasteiger partial charge in [-0.15, -0.1) is 0 Å². The van der Waals surface area contributed by atoms with Crippen molar-refractivity contribution in [2.75, 3.05) is 33.4 Å². The number of ether oxygens (including phenoxy) is 1. The molecule has 1 unspecified atom stereocenters. The van der Waals surface area contributed by atoms with Crippen molar-refractivity contribution in [3.05, 3.63) is 0 Å². The molecule has 0 aliphatic carbocycles. The van der Waals surface area contributed by atoms with E-state index >= 15 is 0 Å². The number of likely N-dealkylation sites (N-methyl/N-ethyl adjacent to an activating group) is 1. The smallest absolute Gasteiger partial charge is 0.244 e. The van der Waals surface area contributed by atoms with E-state index in [1.807, 2.05) is 13.8 Å². The van der Waals surface area contributed by atoms with E-state index in [4.69, 9.17) is 10.6 Å². The zero-order valence-corrected chi connectivity index (χ0v) is 12.4. The van der Waals surface area contributed by atoms with Gasteiger partial charge in [0.05, 0.1) is 0 Å². The number of nitrogens with zero attached hydrogens (tertiary/aromatic N) is 2. The fourth-order valence-corrected chi connectivity index (χ4v) is 1.61. The number of carbonyl (C=O) groups is 1. The van der Waals surface area contributed by atoms with Crippen molar-refractivity contribution >= 4 is 11.9 Å². The number of aliphatic imine (C=N–C) groups is 1. The fraction of sp³-hybridized carbons (Fsp3) is 0.833. The molecule has 0 saturated carbocycles. The van der Waals surface area contributed by atoms with Crippen molar-refractivity contribution in [2.24, 2.45) is 10.8 Å². The average Bonchev–Trinajstić information content (AvgIpc) is 2.43. The number of methoxy groups -OCH3 is 1. The Kier molecular flexibility index (Phi) is 9.82. The molecule has 0 radical (unpaired) electrons. The molecule has 1 atom stereocenters. The molecule has 1 amide bonds. The second kappa shape index (κ2) is 10.6. The number of hydrogen-bond donors (Lipinski definition) is 3. The van der Waals surface area contributed by atoms with E-state index in [9.17, 15) is 4.79 Å². The Bertz CT molecular complexity index is 279. The first-order valence-electron chi connectivity index (χ1n) is 6.65.